The van der Waals surface area contributed by atoms with Crippen LogP contribution in [0, 0.1) is 5.82 Å². The third-order valence-electron chi connectivity index (χ3n) is 4.19. The largest absolute Gasteiger partial charge is 0.460 e. The Morgan fingerprint density at radius 3 is 2.56 bits per heavy atom. The highest BCUT2D eigenvalue weighted by molar-refractivity contribution is 5.78. The molecule has 27 heavy (non-hydrogen) atoms. The number of rotatable bonds is 5. The van der Waals surface area contributed by atoms with Crippen molar-refractivity contribution in [3.63, 3.8) is 0 Å². The maximum Gasteiger partial charge on any atom is 0.227 e. The first-order valence-electron chi connectivity index (χ1n) is 8.64. The molecule has 3 aromatic rings. The molecule has 1 atom stereocenters. The van der Waals surface area contributed by atoms with E-state index in [1.54, 1.807) is 6.21 Å². The summed E-state index contributed by atoms with van der Waals surface area (Å²) in [5, 5.41) is 3.96. The van der Waals surface area contributed by atoms with Gasteiger partial charge < -0.3 is 14.3 Å². The minimum atomic E-state index is -0.532. The van der Waals surface area contributed by atoms with Crippen molar-refractivity contribution in [1.29, 1.82) is 0 Å². The van der Waals surface area contributed by atoms with Gasteiger partial charge in [-0.15, -0.1) is 0 Å². The standard InChI is InChI=1S/C22H18FNO3/c23-20-11-18-14-25-22(17-9-5-2-6-10-17)27-21(18)19(12-20)15-26-24-13-16-7-3-1-4-8-16/h1-13,22H,14-15H2/b24-13-/t22-/m1/s1. The summed E-state index contributed by atoms with van der Waals surface area (Å²) < 4.78 is 25.7. The molecule has 3 aromatic carbocycles. The predicted molar refractivity (Wildman–Crippen MR) is 99.8 cm³/mol. The molecule has 0 saturated heterocycles. The van der Waals surface area contributed by atoms with E-state index in [0.29, 0.717) is 16.9 Å². The number of hydrogen-bond donors (Lipinski definition) is 0. The first kappa shape index (κ1) is 17.2. The summed E-state index contributed by atoms with van der Waals surface area (Å²) in [4.78, 5) is 5.37. The summed E-state index contributed by atoms with van der Waals surface area (Å²) in [5.41, 5.74) is 3.08. The molecular formula is C22H18FNO3. The Morgan fingerprint density at radius 2 is 1.78 bits per heavy atom. The van der Waals surface area contributed by atoms with E-state index in [1.165, 1.54) is 12.1 Å². The molecule has 1 aliphatic rings. The third kappa shape index (κ3) is 4.15. The van der Waals surface area contributed by atoms with E-state index in [2.05, 4.69) is 5.16 Å². The fraction of sp³-hybridized carbons (Fsp3) is 0.136. The zero-order chi connectivity index (χ0) is 18.5. The van der Waals surface area contributed by atoms with Crippen LogP contribution in [0.2, 0.25) is 0 Å². The summed E-state index contributed by atoms with van der Waals surface area (Å²) in [6, 6.07) is 22.1. The number of halogens is 1. The highest BCUT2D eigenvalue weighted by atomic mass is 19.1. The Kier molecular flexibility index (Phi) is 5.12. The van der Waals surface area contributed by atoms with Gasteiger partial charge in [0.1, 0.15) is 18.2 Å². The lowest BCUT2D eigenvalue weighted by Gasteiger charge is -2.28. The lowest BCUT2D eigenvalue weighted by atomic mass is 10.1. The molecule has 4 nitrogen and oxygen atoms in total. The lowest BCUT2D eigenvalue weighted by Crippen LogP contribution is -2.19. The molecule has 0 unspecified atom stereocenters. The van der Waals surface area contributed by atoms with E-state index in [1.807, 2.05) is 60.7 Å². The van der Waals surface area contributed by atoms with Crippen LogP contribution in [-0.2, 0) is 22.8 Å². The van der Waals surface area contributed by atoms with Crippen molar-refractivity contribution in [1.82, 2.24) is 0 Å². The summed E-state index contributed by atoms with van der Waals surface area (Å²) in [6.45, 7) is 0.373. The number of nitrogens with zero attached hydrogens (tertiary/aromatic N) is 1. The molecule has 136 valence electrons. The summed E-state index contributed by atoms with van der Waals surface area (Å²) in [5.74, 6) is 0.233. The van der Waals surface area contributed by atoms with E-state index in [-0.39, 0.29) is 19.0 Å². The Balaban J connectivity index is 1.50. The molecule has 4 rings (SSSR count). The molecule has 1 heterocycles. The first-order chi connectivity index (χ1) is 13.3. The molecule has 0 saturated carbocycles. The van der Waals surface area contributed by atoms with Gasteiger partial charge in [-0.3, -0.25) is 0 Å². The molecule has 0 fully saturated rings. The topological polar surface area (TPSA) is 40.0 Å². The number of oxime groups is 1. The Bertz CT molecular complexity index is 929. The minimum Gasteiger partial charge on any atom is -0.460 e. The van der Waals surface area contributed by atoms with E-state index in [0.717, 1.165) is 11.1 Å². The molecule has 0 radical (unpaired) electrons. The molecule has 0 spiro atoms. The summed E-state index contributed by atoms with van der Waals surface area (Å²) >= 11 is 0. The van der Waals surface area contributed by atoms with Crippen molar-refractivity contribution in [2.75, 3.05) is 0 Å². The average molecular weight is 363 g/mol. The number of benzene rings is 3. The molecule has 0 aromatic heterocycles. The van der Waals surface area contributed by atoms with Gasteiger partial charge in [-0.1, -0.05) is 65.8 Å². The van der Waals surface area contributed by atoms with E-state index in [4.69, 9.17) is 14.3 Å². The van der Waals surface area contributed by atoms with Crippen LogP contribution in [0.4, 0.5) is 4.39 Å². The highest BCUT2D eigenvalue weighted by Crippen LogP contribution is 2.36. The number of hydrogen-bond acceptors (Lipinski definition) is 4. The van der Waals surface area contributed by atoms with Crippen LogP contribution in [-0.4, -0.2) is 6.21 Å². The molecule has 0 aliphatic carbocycles. The van der Waals surface area contributed by atoms with Gasteiger partial charge in [-0.05, 0) is 17.7 Å². The van der Waals surface area contributed by atoms with E-state index >= 15 is 0 Å². The molecule has 0 N–H and O–H groups in total. The van der Waals surface area contributed by atoms with Gasteiger partial charge in [0.05, 0.1) is 12.8 Å². The first-order valence-corrected chi connectivity index (χ1v) is 8.64. The van der Waals surface area contributed by atoms with Crippen molar-refractivity contribution in [3.8, 4) is 5.75 Å². The van der Waals surface area contributed by atoms with Crippen LogP contribution in [0.1, 0.15) is 28.5 Å². The minimum absolute atomic E-state index is 0.102. The third-order valence-corrected chi connectivity index (χ3v) is 4.19. The molecule has 0 amide bonds. The van der Waals surface area contributed by atoms with Crippen molar-refractivity contribution in [2.24, 2.45) is 5.16 Å². The van der Waals surface area contributed by atoms with Crippen LogP contribution in [0.25, 0.3) is 0 Å². The van der Waals surface area contributed by atoms with Gasteiger partial charge >= 0.3 is 0 Å². The van der Waals surface area contributed by atoms with Gasteiger partial charge in [0, 0.05) is 16.7 Å². The van der Waals surface area contributed by atoms with E-state index < -0.39 is 6.29 Å². The molecule has 1 aliphatic heterocycles. The Hall–Kier alpha value is -3.18. The van der Waals surface area contributed by atoms with Gasteiger partial charge in [0.15, 0.2) is 0 Å². The average Bonchev–Trinajstić information content (AvgIpc) is 2.72. The second kappa shape index (κ2) is 8.01. The van der Waals surface area contributed by atoms with Gasteiger partial charge in [0.2, 0.25) is 6.29 Å². The smallest absolute Gasteiger partial charge is 0.227 e. The maximum atomic E-state index is 13.9. The van der Waals surface area contributed by atoms with Crippen LogP contribution in [0.15, 0.2) is 78.0 Å². The fourth-order valence-corrected chi connectivity index (χ4v) is 2.90. The second-order valence-corrected chi connectivity index (χ2v) is 6.14. The quantitative estimate of drug-likeness (QED) is 0.474. The Labute approximate surface area is 156 Å². The second-order valence-electron chi connectivity index (χ2n) is 6.14. The van der Waals surface area contributed by atoms with Crippen LogP contribution < -0.4 is 4.74 Å². The monoisotopic (exact) mass is 363 g/mol. The van der Waals surface area contributed by atoms with E-state index in [9.17, 15) is 4.39 Å². The van der Waals surface area contributed by atoms with Crippen LogP contribution >= 0.6 is 0 Å². The van der Waals surface area contributed by atoms with Crippen molar-refractivity contribution in [3.05, 3.63) is 101 Å². The normalized spacial score (nSPS) is 16.0. The highest BCUT2D eigenvalue weighted by Gasteiger charge is 2.25. The molecule has 5 heteroatoms. The number of fused-ring (bicyclic) bond motifs is 1. The Morgan fingerprint density at radius 1 is 1.04 bits per heavy atom. The summed E-state index contributed by atoms with van der Waals surface area (Å²) in [6.07, 6.45) is 1.08. The zero-order valence-corrected chi connectivity index (χ0v) is 14.5. The molecule has 0 bridgehead atoms. The van der Waals surface area contributed by atoms with Gasteiger partial charge in [-0.2, -0.15) is 0 Å². The summed E-state index contributed by atoms with van der Waals surface area (Å²) in [7, 11) is 0. The number of ether oxygens (including phenoxy) is 2. The fourth-order valence-electron chi connectivity index (χ4n) is 2.90. The van der Waals surface area contributed by atoms with Crippen LogP contribution in [0.5, 0.6) is 5.75 Å². The van der Waals surface area contributed by atoms with Gasteiger partial charge in [-0.25, -0.2) is 4.39 Å². The lowest BCUT2D eigenvalue weighted by molar-refractivity contribution is -0.112. The maximum absolute atomic E-state index is 13.9. The van der Waals surface area contributed by atoms with Crippen LogP contribution in [0.3, 0.4) is 0 Å². The zero-order valence-electron chi connectivity index (χ0n) is 14.5. The van der Waals surface area contributed by atoms with Crippen molar-refractivity contribution in [2.45, 2.75) is 19.5 Å². The predicted octanol–water partition coefficient (Wildman–Crippen LogP) is 4.98. The van der Waals surface area contributed by atoms with Gasteiger partial charge in [0.25, 0.3) is 0 Å². The van der Waals surface area contributed by atoms with Crippen molar-refractivity contribution < 1.29 is 18.7 Å². The van der Waals surface area contributed by atoms with Crippen molar-refractivity contribution >= 4 is 6.21 Å². The SMILES string of the molecule is Fc1cc(CO/N=C\c2ccccc2)c2c(c1)CO[C@@H](c1ccccc1)O2. The molecular weight excluding hydrogens is 345 g/mol.